The van der Waals surface area contributed by atoms with E-state index in [4.69, 9.17) is 16.7 Å². The largest absolute Gasteiger partial charge is 0.268 e. The van der Waals surface area contributed by atoms with Crippen molar-refractivity contribution < 1.29 is 0 Å². The molecular formula is C18H17ClN2. The first-order valence-electron chi connectivity index (χ1n) is 7.36. The number of hydrogen-bond donors (Lipinski definition) is 0. The van der Waals surface area contributed by atoms with Gasteiger partial charge < -0.3 is 0 Å². The number of aryl methyl sites for hydroxylation is 1. The highest BCUT2D eigenvalue weighted by atomic mass is 35.5. The summed E-state index contributed by atoms with van der Waals surface area (Å²) in [6.45, 7) is 0. The van der Waals surface area contributed by atoms with Gasteiger partial charge in [0.15, 0.2) is 0 Å². The Hall–Kier alpha value is -1.80. The molecule has 4 rings (SSSR count). The molecule has 106 valence electrons. The zero-order chi connectivity index (χ0) is 14.4. The fraction of sp³-hybridized carbons (Fsp3) is 0.278. The van der Waals surface area contributed by atoms with Crippen LogP contribution in [0.25, 0.3) is 10.9 Å². The third-order valence-corrected chi connectivity index (χ3v) is 5.13. The molecule has 0 bridgehead atoms. The van der Waals surface area contributed by atoms with Crippen molar-refractivity contribution >= 4 is 22.5 Å². The molecule has 1 aliphatic carbocycles. The lowest BCUT2D eigenvalue weighted by Crippen LogP contribution is -2.08. The van der Waals surface area contributed by atoms with Crippen LogP contribution >= 0.6 is 11.6 Å². The van der Waals surface area contributed by atoms with Crippen molar-refractivity contribution in [2.45, 2.75) is 18.2 Å². The molecule has 0 radical (unpaired) electrons. The van der Waals surface area contributed by atoms with E-state index in [0.29, 0.717) is 5.92 Å². The van der Waals surface area contributed by atoms with Crippen LogP contribution in [0.2, 0.25) is 0 Å². The number of alkyl halides is 1. The highest BCUT2D eigenvalue weighted by molar-refractivity contribution is 6.21. The summed E-state index contributed by atoms with van der Waals surface area (Å²) >= 11 is 6.68. The lowest BCUT2D eigenvalue weighted by Gasteiger charge is -2.12. The smallest absolute Gasteiger partial charge is 0.0706 e. The summed E-state index contributed by atoms with van der Waals surface area (Å²) in [5.74, 6) is 0.433. The fourth-order valence-corrected chi connectivity index (χ4v) is 3.88. The zero-order valence-electron chi connectivity index (χ0n) is 12.0. The molecule has 3 heteroatoms. The first-order chi connectivity index (χ1) is 10.2. The van der Waals surface area contributed by atoms with Crippen molar-refractivity contribution in [3.05, 3.63) is 65.4 Å². The molecule has 0 N–H and O–H groups in total. The summed E-state index contributed by atoms with van der Waals surface area (Å²) in [6.07, 6.45) is 1.99. The molecule has 2 aromatic carbocycles. The van der Waals surface area contributed by atoms with Gasteiger partial charge in [0.2, 0.25) is 0 Å². The van der Waals surface area contributed by atoms with E-state index < -0.39 is 0 Å². The zero-order valence-corrected chi connectivity index (χ0v) is 12.7. The van der Waals surface area contributed by atoms with Gasteiger partial charge in [0.05, 0.1) is 16.6 Å². The van der Waals surface area contributed by atoms with Crippen molar-refractivity contribution in [2.24, 2.45) is 13.0 Å². The average Bonchev–Trinajstić information content (AvgIpc) is 2.99. The molecule has 0 saturated carbocycles. The van der Waals surface area contributed by atoms with Gasteiger partial charge in [0.1, 0.15) is 0 Å². The molecule has 0 fully saturated rings. The summed E-state index contributed by atoms with van der Waals surface area (Å²) in [5.41, 5.74) is 5.04. The summed E-state index contributed by atoms with van der Waals surface area (Å²) < 4.78 is 1.97. The van der Waals surface area contributed by atoms with Gasteiger partial charge in [0.25, 0.3) is 0 Å². The van der Waals surface area contributed by atoms with Gasteiger partial charge in [-0.2, -0.15) is 5.10 Å². The Morgan fingerprint density at radius 3 is 2.76 bits per heavy atom. The maximum Gasteiger partial charge on any atom is 0.0706 e. The maximum atomic E-state index is 6.68. The molecule has 2 atom stereocenters. The van der Waals surface area contributed by atoms with E-state index in [1.54, 1.807) is 0 Å². The molecule has 21 heavy (non-hydrogen) atoms. The molecule has 3 aromatic rings. The second-order valence-electron chi connectivity index (χ2n) is 5.86. The third-order valence-electron chi connectivity index (χ3n) is 4.54. The number of hydrogen-bond acceptors (Lipinski definition) is 1. The topological polar surface area (TPSA) is 17.8 Å². The van der Waals surface area contributed by atoms with E-state index in [1.807, 2.05) is 11.7 Å². The Balaban J connectivity index is 1.68. The molecule has 0 aliphatic heterocycles. The second kappa shape index (κ2) is 4.88. The Bertz CT molecular complexity index is 806. The Morgan fingerprint density at radius 2 is 1.90 bits per heavy atom. The minimum Gasteiger partial charge on any atom is -0.268 e. The van der Waals surface area contributed by atoms with Gasteiger partial charge in [-0.05, 0) is 36.0 Å². The lowest BCUT2D eigenvalue weighted by atomic mass is 9.98. The van der Waals surface area contributed by atoms with Crippen LogP contribution in [-0.2, 0) is 19.9 Å². The lowest BCUT2D eigenvalue weighted by molar-refractivity contribution is 0.533. The predicted octanol–water partition coefficient (Wildman–Crippen LogP) is 4.27. The van der Waals surface area contributed by atoms with Crippen LogP contribution in [0.3, 0.4) is 0 Å². The van der Waals surface area contributed by atoms with Crippen LogP contribution in [0.1, 0.15) is 22.2 Å². The molecule has 1 aliphatic rings. The SMILES string of the molecule is Cn1nc(CC2Cc3ccccc3C2Cl)c2ccccc21. The summed E-state index contributed by atoms with van der Waals surface area (Å²) in [5, 5.41) is 6.06. The number of fused-ring (bicyclic) bond motifs is 2. The molecule has 2 unspecified atom stereocenters. The van der Waals surface area contributed by atoms with Gasteiger partial charge in [-0.15, -0.1) is 11.6 Å². The van der Waals surface area contributed by atoms with E-state index in [0.717, 1.165) is 18.5 Å². The molecule has 2 nitrogen and oxygen atoms in total. The summed E-state index contributed by atoms with van der Waals surface area (Å²) in [4.78, 5) is 0. The van der Waals surface area contributed by atoms with E-state index >= 15 is 0 Å². The molecule has 0 spiro atoms. The first kappa shape index (κ1) is 12.9. The standard InChI is InChI=1S/C18H17ClN2/c1-21-17-9-5-4-8-15(17)16(20-21)11-13-10-12-6-2-3-7-14(12)18(13)19/h2-9,13,18H,10-11H2,1H3. The number of nitrogens with zero attached hydrogens (tertiary/aromatic N) is 2. The van der Waals surface area contributed by atoms with Crippen LogP contribution in [0.15, 0.2) is 48.5 Å². The molecular weight excluding hydrogens is 280 g/mol. The van der Waals surface area contributed by atoms with E-state index in [-0.39, 0.29) is 5.38 Å². The van der Waals surface area contributed by atoms with E-state index in [9.17, 15) is 0 Å². The van der Waals surface area contributed by atoms with Crippen molar-refractivity contribution in [3.8, 4) is 0 Å². The van der Waals surface area contributed by atoms with Crippen molar-refractivity contribution in [2.75, 3.05) is 0 Å². The molecule has 0 amide bonds. The van der Waals surface area contributed by atoms with Crippen LogP contribution in [0, 0.1) is 5.92 Å². The first-order valence-corrected chi connectivity index (χ1v) is 7.80. The molecule has 1 aromatic heterocycles. The minimum atomic E-state index is 0.0990. The van der Waals surface area contributed by atoms with Crippen LogP contribution < -0.4 is 0 Å². The monoisotopic (exact) mass is 296 g/mol. The minimum absolute atomic E-state index is 0.0990. The van der Waals surface area contributed by atoms with Crippen LogP contribution in [0.4, 0.5) is 0 Å². The van der Waals surface area contributed by atoms with Gasteiger partial charge in [0, 0.05) is 12.4 Å². The van der Waals surface area contributed by atoms with Crippen molar-refractivity contribution in [1.82, 2.24) is 9.78 Å². The van der Waals surface area contributed by atoms with Crippen LogP contribution in [0.5, 0.6) is 0 Å². The van der Waals surface area contributed by atoms with Gasteiger partial charge in [-0.25, -0.2) is 0 Å². The van der Waals surface area contributed by atoms with Crippen molar-refractivity contribution in [3.63, 3.8) is 0 Å². The van der Waals surface area contributed by atoms with Crippen LogP contribution in [-0.4, -0.2) is 9.78 Å². The average molecular weight is 297 g/mol. The highest BCUT2D eigenvalue weighted by Gasteiger charge is 2.31. The normalized spacial score (nSPS) is 20.9. The number of benzene rings is 2. The Labute approximate surface area is 129 Å². The summed E-state index contributed by atoms with van der Waals surface area (Å²) in [6, 6.07) is 16.9. The Kier molecular flexibility index (Phi) is 3.00. The predicted molar refractivity (Wildman–Crippen MR) is 86.6 cm³/mol. The fourth-order valence-electron chi connectivity index (χ4n) is 3.49. The third kappa shape index (κ3) is 2.06. The van der Waals surface area contributed by atoms with Crippen molar-refractivity contribution in [1.29, 1.82) is 0 Å². The maximum absolute atomic E-state index is 6.68. The van der Waals surface area contributed by atoms with Gasteiger partial charge >= 0.3 is 0 Å². The molecule has 1 heterocycles. The Morgan fingerprint density at radius 1 is 1.14 bits per heavy atom. The second-order valence-corrected chi connectivity index (χ2v) is 6.33. The van der Waals surface area contributed by atoms with E-state index in [2.05, 4.69) is 48.5 Å². The number of aromatic nitrogens is 2. The number of rotatable bonds is 2. The summed E-state index contributed by atoms with van der Waals surface area (Å²) in [7, 11) is 2.01. The number of para-hydroxylation sites is 1. The van der Waals surface area contributed by atoms with E-state index in [1.165, 1.54) is 22.0 Å². The van der Waals surface area contributed by atoms with Gasteiger partial charge in [-0.3, -0.25) is 4.68 Å². The number of halogens is 1. The quantitative estimate of drug-likeness (QED) is 0.646. The molecule has 0 saturated heterocycles. The van der Waals surface area contributed by atoms with Gasteiger partial charge in [-0.1, -0.05) is 42.5 Å². The highest BCUT2D eigenvalue weighted by Crippen LogP contribution is 2.42.